The van der Waals surface area contributed by atoms with Gasteiger partial charge in [-0.2, -0.15) is 13.7 Å². The zero-order valence-electron chi connectivity index (χ0n) is 11.0. The SMILES string of the molecule is N#CC1(CS(=O)(=O)F)CN(C(=O)OCc2ccccc2)C1. The summed E-state index contributed by atoms with van der Waals surface area (Å²) < 4.78 is 39.0. The van der Waals surface area contributed by atoms with Gasteiger partial charge in [-0.25, -0.2) is 4.79 Å². The average molecular weight is 312 g/mol. The fourth-order valence-corrected chi connectivity index (χ4v) is 3.06. The Kier molecular flexibility index (Phi) is 4.14. The van der Waals surface area contributed by atoms with Crippen molar-refractivity contribution < 1.29 is 21.8 Å². The summed E-state index contributed by atoms with van der Waals surface area (Å²) >= 11 is 0. The second kappa shape index (κ2) is 5.69. The molecule has 1 aliphatic heterocycles. The Bertz CT molecular complexity index is 663. The summed E-state index contributed by atoms with van der Waals surface area (Å²) in [5.74, 6) is -0.904. The second-order valence-corrected chi connectivity index (χ2v) is 6.34. The van der Waals surface area contributed by atoms with Crippen LogP contribution >= 0.6 is 0 Å². The van der Waals surface area contributed by atoms with Crippen molar-refractivity contribution in [3.63, 3.8) is 0 Å². The molecule has 0 unspecified atom stereocenters. The van der Waals surface area contributed by atoms with Crippen LogP contribution in [-0.2, 0) is 21.6 Å². The molecule has 0 atom stereocenters. The van der Waals surface area contributed by atoms with Crippen LogP contribution in [0.1, 0.15) is 5.56 Å². The van der Waals surface area contributed by atoms with E-state index in [0.29, 0.717) is 0 Å². The molecule has 8 heteroatoms. The molecule has 1 saturated heterocycles. The fourth-order valence-electron chi connectivity index (χ4n) is 2.15. The maximum Gasteiger partial charge on any atom is 0.410 e. The molecular formula is C13H13FN2O4S. The molecule has 0 spiro atoms. The molecule has 1 fully saturated rings. The van der Waals surface area contributed by atoms with Gasteiger partial charge in [-0.3, -0.25) is 0 Å². The second-order valence-electron chi connectivity index (χ2n) is 4.97. The minimum Gasteiger partial charge on any atom is -0.445 e. The number of carbonyl (C=O) groups is 1. The zero-order chi connectivity index (χ0) is 15.5. The van der Waals surface area contributed by atoms with E-state index in [-0.39, 0.29) is 19.7 Å². The zero-order valence-corrected chi connectivity index (χ0v) is 11.8. The van der Waals surface area contributed by atoms with E-state index in [1.807, 2.05) is 6.07 Å². The molecule has 2 rings (SSSR count). The van der Waals surface area contributed by atoms with E-state index in [1.165, 1.54) is 4.90 Å². The Balaban J connectivity index is 1.86. The van der Waals surface area contributed by atoms with Crippen molar-refractivity contribution in [1.82, 2.24) is 4.90 Å². The van der Waals surface area contributed by atoms with Crippen molar-refractivity contribution >= 4 is 16.3 Å². The summed E-state index contributed by atoms with van der Waals surface area (Å²) in [7, 11) is -4.76. The Morgan fingerprint density at radius 3 is 2.52 bits per heavy atom. The molecule has 112 valence electrons. The number of amides is 1. The molecule has 1 aromatic rings. The highest BCUT2D eigenvalue weighted by Gasteiger charge is 2.49. The molecule has 6 nitrogen and oxygen atoms in total. The van der Waals surface area contributed by atoms with Gasteiger partial charge in [-0.05, 0) is 5.56 Å². The monoisotopic (exact) mass is 312 g/mol. The van der Waals surface area contributed by atoms with E-state index in [1.54, 1.807) is 30.3 Å². The number of carbonyl (C=O) groups excluding carboxylic acids is 1. The number of benzene rings is 1. The summed E-state index contributed by atoms with van der Waals surface area (Å²) in [4.78, 5) is 12.9. The van der Waals surface area contributed by atoms with Crippen LogP contribution in [0, 0.1) is 16.7 Å². The van der Waals surface area contributed by atoms with Crippen LogP contribution in [0.5, 0.6) is 0 Å². The van der Waals surface area contributed by atoms with Gasteiger partial charge in [0.05, 0.1) is 6.07 Å². The first kappa shape index (κ1) is 15.3. The van der Waals surface area contributed by atoms with Crippen LogP contribution in [0.3, 0.4) is 0 Å². The van der Waals surface area contributed by atoms with Gasteiger partial charge in [0.1, 0.15) is 17.8 Å². The number of hydrogen-bond donors (Lipinski definition) is 0. The lowest BCUT2D eigenvalue weighted by molar-refractivity contribution is 0.0315. The Labute approximate surface area is 121 Å². The molecule has 1 aromatic carbocycles. The lowest BCUT2D eigenvalue weighted by Gasteiger charge is -2.43. The third-order valence-electron chi connectivity index (χ3n) is 3.14. The quantitative estimate of drug-likeness (QED) is 0.785. The summed E-state index contributed by atoms with van der Waals surface area (Å²) in [5.41, 5.74) is -0.566. The van der Waals surface area contributed by atoms with E-state index in [2.05, 4.69) is 0 Å². The first-order valence-electron chi connectivity index (χ1n) is 6.13. The highest BCUT2D eigenvalue weighted by atomic mass is 32.3. The third kappa shape index (κ3) is 3.92. The summed E-state index contributed by atoms with van der Waals surface area (Å²) in [5, 5.41) is 8.95. The number of nitriles is 1. The molecule has 1 aliphatic rings. The minimum absolute atomic E-state index is 0.0805. The number of rotatable bonds is 4. The van der Waals surface area contributed by atoms with Crippen molar-refractivity contribution in [3.05, 3.63) is 35.9 Å². The third-order valence-corrected chi connectivity index (χ3v) is 4.03. The van der Waals surface area contributed by atoms with E-state index < -0.39 is 27.5 Å². The van der Waals surface area contributed by atoms with Gasteiger partial charge < -0.3 is 9.64 Å². The van der Waals surface area contributed by atoms with Crippen molar-refractivity contribution in [2.75, 3.05) is 18.8 Å². The van der Waals surface area contributed by atoms with Gasteiger partial charge in [0, 0.05) is 13.1 Å². The van der Waals surface area contributed by atoms with E-state index >= 15 is 0 Å². The normalized spacial score (nSPS) is 16.7. The molecule has 0 aliphatic carbocycles. The van der Waals surface area contributed by atoms with Gasteiger partial charge in [0.15, 0.2) is 0 Å². The van der Waals surface area contributed by atoms with Gasteiger partial charge in [-0.15, -0.1) is 3.89 Å². The van der Waals surface area contributed by atoms with Gasteiger partial charge in [0.25, 0.3) is 0 Å². The van der Waals surface area contributed by atoms with E-state index in [0.717, 1.165) is 5.56 Å². The first-order chi connectivity index (χ1) is 9.84. The summed E-state index contributed by atoms with van der Waals surface area (Å²) in [6.45, 7) is -0.225. The Morgan fingerprint density at radius 2 is 2.00 bits per heavy atom. The van der Waals surface area contributed by atoms with Crippen molar-refractivity contribution in [2.24, 2.45) is 5.41 Å². The molecule has 0 saturated carbocycles. The molecule has 1 amide bonds. The predicted molar refractivity (Wildman–Crippen MR) is 71.1 cm³/mol. The van der Waals surface area contributed by atoms with Crippen LogP contribution in [-0.4, -0.2) is 38.3 Å². The van der Waals surface area contributed by atoms with Crippen LogP contribution in [0.4, 0.5) is 8.68 Å². The Hall–Kier alpha value is -2.14. The average Bonchev–Trinajstić information content (AvgIpc) is 2.40. The summed E-state index contributed by atoms with van der Waals surface area (Å²) in [6, 6.07) is 10.8. The maximum atomic E-state index is 12.7. The Morgan fingerprint density at radius 1 is 1.38 bits per heavy atom. The van der Waals surface area contributed by atoms with Crippen LogP contribution in [0.2, 0.25) is 0 Å². The molecule has 1 heterocycles. The largest absolute Gasteiger partial charge is 0.445 e. The fraction of sp³-hybridized carbons (Fsp3) is 0.385. The molecule has 21 heavy (non-hydrogen) atoms. The predicted octanol–water partition coefficient (Wildman–Crippen LogP) is 1.45. The molecule has 0 aromatic heterocycles. The first-order valence-corrected chi connectivity index (χ1v) is 7.68. The summed E-state index contributed by atoms with van der Waals surface area (Å²) in [6.07, 6.45) is -0.652. The van der Waals surface area contributed by atoms with Crippen LogP contribution < -0.4 is 0 Å². The maximum absolute atomic E-state index is 12.7. The van der Waals surface area contributed by atoms with Gasteiger partial charge in [0.2, 0.25) is 0 Å². The minimum atomic E-state index is -4.76. The van der Waals surface area contributed by atoms with E-state index in [4.69, 9.17) is 10.00 Å². The molecule has 0 bridgehead atoms. The van der Waals surface area contributed by atoms with Crippen molar-refractivity contribution in [2.45, 2.75) is 6.61 Å². The van der Waals surface area contributed by atoms with Gasteiger partial charge >= 0.3 is 16.3 Å². The molecular weight excluding hydrogens is 299 g/mol. The van der Waals surface area contributed by atoms with Crippen molar-refractivity contribution in [1.29, 1.82) is 5.26 Å². The smallest absolute Gasteiger partial charge is 0.410 e. The number of ether oxygens (including phenoxy) is 1. The molecule has 0 N–H and O–H groups in total. The highest BCUT2D eigenvalue weighted by Crippen LogP contribution is 2.32. The number of hydrogen-bond acceptors (Lipinski definition) is 5. The standard InChI is InChI=1S/C13H13FN2O4S/c14-21(18,19)10-13(7-15)8-16(9-13)12(17)20-6-11-4-2-1-3-5-11/h1-5H,6,8-10H2. The topological polar surface area (TPSA) is 87.5 Å². The van der Waals surface area contributed by atoms with Crippen LogP contribution in [0.25, 0.3) is 0 Å². The molecule has 0 radical (unpaired) electrons. The van der Waals surface area contributed by atoms with Crippen molar-refractivity contribution in [3.8, 4) is 6.07 Å². The lowest BCUT2D eigenvalue weighted by atomic mass is 9.84. The number of likely N-dealkylation sites (tertiary alicyclic amines) is 1. The van der Waals surface area contributed by atoms with Crippen LogP contribution in [0.15, 0.2) is 30.3 Å². The lowest BCUT2D eigenvalue weighted by Crippen LogP contribution is -2.60. The number of nitrogens with zero attached hydrogens (tertiary/aromatic N) is 2. The van der Waals surface area contributed by atoms with E-state index in [9.17, 15) is 17.1 Å². The highest BCUT2D eigenvalue weighted by molar-refractivity contribution is 7.86. The van der Waals surface area contributed by atoms with Gasteiger partial charge in [-0.1, -0.05) is 30.3 Å². The number of halogens is 1.